The van der Waals surface area contributed by atoms with Gasteiger partial charge in [-0.3, -0.25) is 4.79 Å². The summed E-state index contributed by atoms with van der Waals surface area (Å²) in [5.41, 5.74) is 0. The number of piperidine rings is 1. The summed E-state index contributed by atoms with van der Waals surface area (Å²) in [6, 6.07) is 0.501. The highest BCUT2D eigenvalue weighted by Gasteiger charge is 2.36. The first-order chi connectivity index (χ1) is 9.83. The lowest BCUT2D eigenvalue weighted by Crippen LogP contribution is -2.48. The number of amides is 1. The van der Waals surface area contributed by atoms with Crippen LogP contribution in [0, 0.1) is 5.92 Å². The van der Waals surface area contributed by atoms with Gasteiger partial charge in [-0.2, -0.15) is 0 Å². The van der Waals surface area contributed by atoms with Gasteiger partial charge < -0.3 is 10.2 Å². The van der Waals surface area contributed by atoms with Crippen molar-refractivity contribution in [3.05, 3.63) is 0 Å². The molecule has 2 fully saturated rings. The molecule has 20 heavy (non-hydrogen) atoms. The van der Waals surface area contributed by atoms with Crippen LogP contribution in [-0.2, 0) is 4.79 Å². The van der Waals surface area contributed by atoms with Gasteiger partial charge in [-0.25, -0.2) is 0 Å². The van der Waals surface area contributed by atoms with E-state index in [2.05, 4.69) is 17.1 Å². The average Bonchev–Trinajstić information content (AvgIpc) is 2.94. The van der Waals surface area contributed by atoms with Crippen molar-refractivity contribution in [2.75, 3.05) is 19.6 Å². The average molecular weight is 280 g/mol. The van der Waals surface area contributed by atoms with Crippen LogP contribution in [0.3, 0.4) is 0 Å². The third-order valence-electron chi connectivity index (χ3n) is 4.99. The van der Waals surface area contributed by atoms with Gasteiger partial charge in [-0.1, -0.05) is 45.4 Å². The number of carbonyl (C=O) groups excluding carboxylic acids is 1. The first-order valence-corrected chi connectivity index (χ1v) is 8.83. The molecule has 2 saturated heterocycles. The fourth-order valence-corrected chi connectivity index (χ4v) is 3.75. The normalized spacial score (nSPS) is 25.8. The largest absolute Gasteiger partial charge is 0.338 e. The van der Waals surface area contributed by atoms with Crippen molar-refractivity contribution in [1.82, 2.24) is 10.2 Å². The van der Waals surface area contributed by atoms with Crippen molar-refractivity contribution >= 4 is 5.91 Å². The Hall–Kier alpha value is -0.570. The molecule has 0 bridgehead atoms. The monoisotopic (exact) mass is 280 g/mol. The van der Waals surface area contributed by atoms with E-state index < -0.39 is 0 Å². The van der Waals surface area contributed by atoms with Crippen LogP contribution in [0.25, 0.3) is 0 Å². The second kappa shape index (κ2) is 8.66. The van der Waals surface area contributed by atoms with Gasteiger partial charge >= 0.3 is 0 Å². The molecular weight excluding hydrogens is 248 g/mol. The van der Waals surface area contributed by atoms with Crippen molar-refractivity contribution < 1.29 is 4.79 Å². The fourth-order valence-electron chi connectivity index (χ4n) is 3.75. The number of nitrogens with one attached hydrogen (secondary N) is 1. The van der Waals surface area contributed by atoms with E-state index in [0.717, 1.165) is 38.4 Å². The molecule has 0 spiro atoms. The number of unbranched alkanes of at least 4 members (excludes halogenated alkanes) is 6. The van der Waals surface area contributed by atoms with E-state index in [1.54, 1.807) is 0 Å². The van der Waals surface area contributed by atoms with Crippen molar-refractivity contribution in [3.8, 4) is 0 Å². The highest BCUT2D eigenvalue weighted by Crippen LogP contribution is 2.27. The zero-order chi connectivity index (χ0) is 14.2. The summed E-state index contributed by atoms with van der Waals surface area (Å²) in [6.07, 6.45) is 12.3. The molecule has 2 aliphatic heterocycles. The van der Waals surface area contributed by atoms with Gasteiger partial charge in [0.2, 0.25) is 5.91 Å². The molecule has 1 amide bonds. The highest BCUT2D eigenvalue weighted by atomic mass is 16.2. The minimum atomic E-state index is 0.414. The molecule has 2 rings (SSSR count). The van der Waals surface area contributed by atoms with E-state index in [4.69, 9.17) is 0 Å². The number of fused-ring (bicyclic) bond motifs is 1. The zero-order valence-corrected chi connectivity index (χ0v) is 13.2. The number of likely N-dealkylation sites (tertiary alicyclic amines) is 1. The van der Waals surface area contributed by atoms with E-state index in [0.29, 0.717) is 11.9 Å². The summed E-state index contributed by atoms with van der Waals surface area (Å²) in [7, 11) is 0. The number of hydrogen-bond donors (Lipinski definition) is 1. The maximum atomic E-state index is 12.4. The van der Waals surface area contributed by atoms with E-state index in [1.165, 1.54) is 51.4 Å². The molecule has 116 valence electrons. The minimum Gasteiger partial charge on any atom is -0.338 e. The van der Waals surface area contributed by atoms with E-state index in [9.17, 15) is 4.79 Å². The lowest BCUT2D eigenvalue weighted by Gasteiger charge is -2.37. The van der Waals surface area contributed by atoms with Crippen LogP contribution in [-0.4, -0.2) is 36.5 Å². The maximum Gasteiger partial charge on any atom is 0.222 e. The molecule has 0 radical (unpaired) electrons. The quantitative estimate of drug-likeness (QED) is 0.692. The van der Waals surface area contributed by atoms with Crippen LogP contribution < -0.4 is 5.32 Å². The van der Waals surface area contributed by atoms with Crippen LogP contribution >= 0.6 is 0 Å². The Labute approximate surface area is 124 Å². The van der Waals surface area contributed by atoms with Crippen LogP contribution in [0.1, 0.15) is 71.1 Å². The molecule has 0 aromatic carbocycles. The van der Waals surface area contributed by atoms with Crippen LogP contribution in [0.5, 0.6) is 0 Å². The molecule has 0 aliphatic carbocycles. The predicted octanol–water partition coefficient (Wildman–Crippen LogP) is 3.34. The van der Waals surface area contributed by atoms with Crippen molar-refractivity contribution in [1.29, 1.82) is 0 Å². The molecule has 3 nitrogen and oxygen atoms in total. The Morgan fingerprint density at radius 2 is 1.85 bits per heavy atom. The first kappa shape index (κ1) is 15.8. The van der Waals surface area contributed by atoms with Gasteiger partial charge in [0.05, 0.1) is 0 Å². The molecule has 0 aromatic heterocycles. The third-order valence-corrected chi connectivity index (χ3v) is 4.99. The number of carbonyl (C=O) groups is 1. The first-order valence-electron chi connectivity index (χ1n) is 8.83. The molecule has 2 atom stereocenters. The third kappa shape index (κ3) is 4.47. The van der Waals surface area contributed by atoms with E-state index >= 15 is 0 Å². The van der Waals surface area contributed by atoms with Gasteiger partial charge in [-0.15, -0.1) is 0 Å². The SMILES string of the molecule is CCCCCCCCCC(=O)N1CCCC2CNCC21. The van der Waals surface area contributed by atoms with Crippen molar-refractivity contribution in [2.24, 2.45) is 5.92 Å². The molecule has 1 N–H and O–H groups in total. The number of rotatable bonds is 8. The molecule has 0 aromatic rings. The molecule has 2 unspecified atom stereocenters. The highest BCUT2D eigenvalue weighted by molar-refractivity contribution is 5.76. The molecule has 2 heterocycles. The minimum absolute atomic E-state index is 0.414. The summed E-state index contributed by atoms with van der Waals surface area (Å²) in [5, 5.41) is 3.45. The molecule has 2 aliphatic rings. The van der Waals surface area contributed by atoms with Gasteiger partial charge in [0.25, 0.3) is 0 Å². The Balaban J connectivity index is 1.59. The summed E-state index contributed by atoms with van der Waals surface area (Å²) >= 11 is 0. The van der Waals surface area contributed by atoms with Crippen LogP contribution in [0.4, 0.5) is 0 Å². The number of hydrogen-bond acceptors (Lipinski definition) is 2. The Morgan fingerprint density at radius 1 is 1.10 bits per heavy atom. The topological polar surface area (TPSA) is 32.3 Å². The Kier molecular flexibility index (Phi) is 6.85. The van der Waals surface area contributed by atoms with E-state index in [-0.39, 0.29) is 0 Å². The summed E-state index contributed by atoms with van der Waals surface area (Å²) in [6.45, 7) is 5.39. The molecule has 3 heteroatoms. The van der Waals surface area contributed by atoms with Gasteiger partial charge in [0.1, 0.15) is 0 Å². The Bertz CT molecular complexity index is 293. The zero-order valence-electron chi connectivity index (χ0n) is 13.2. The summed E-state index contributed by atoms with van der Waals surface area (Å²) < 4.78 is 0. The van der Waals surface area contributed by atoms with Crippen LogP contribution in [0.15, 0.2) is 0 Å². The maximum absolute atomic E-state index is 12.4. The van der Waals surface area contributed by atoms with Gasteiger partial charge in [-0.05, 0) is 25.2 Å². The fraction of sp³-hybridized carbons (Fsp3) is 0.941. The second-order valence-electron chi connectivity index (χ2n) is 6.59. The smallest absolute Gasteiger partial charge is 0.222 e. The Morgan fingerprint density at radius 3 is 2.65 bits per heavy atom. The predicted molar refractivity (Wildman–Crippen MR) is 83.7 cm³/mol. The molecular formula is C17H32N2O. The van der Waals surface area contributed by atoms with Gasteiger partial charge in [0, 0.05) is 32.1 Å². The standard InChI is InChI=1S/C17H32N2O/c1-2-3-4-5-6-7-8-11-17(20)19-12-9-10-15-13-18-14-16(15)19/h15-16,18H,2-14H2,1H3. The lowest BCUT2D eigenvalue weighted by atomic mass is 9.91. The summed E-state index contributed by atoms with van der Waals surface area (Å²) in [4.78, 5) is 14.6. The van der Waals surface area contributed by atoms with Gasteiger partial charge in [0.15, 0.2) is 0 Å². The van der Waals surface area contributed by atoms with Crippen molar-refractivity contribution in [2.45, 2.75) is 77.2 Å². The molecule has 0 saturated carbocycles. The second-order valence-corrected chi connectivity index (χ2v) is 6.59. The van der Waals surface area contributed by atoms with Crippen LogP contribution in [0.2, 0.25) is 0 Å². The summed E-state index contributed by atoms with van der Waals surface area (Å²) in [5.74, 6) is 1.14. The van der Waals surface area contributed by atoms with E-state index in [1.807, 2.05) is 0 Å². The number of nitrogens with zero attached hydrogens (tertiary/aromatic N) is 1. The van der Waals surface area contributed by atoms with Crippen molar-refractivity contribution in [3.63, 3.8) is 0 Å². The lowest BCUT2D eigenvalue weighted by molar-refractivity contribution is -0.135.